The summed E-state index contributed by atoms with van der Waals surface area (Å²) < 4.78 is 5.71. The number of hydrogen-bond donors (Lipinski definition) is 1. The van der Waals surface area contributed by atoms with Gasteiger partial charge in [0.25, 0.3) is 0 Å². The summed E-state index contributed by atoms with van der Waals surface area (Å²) in [6.45, 7) is 10.9. The van der Waals surface area contributed by atoms with Gasteiger partial charge < -0.3 is 10.1 Å². The maximum Gasteiger partial charge on any atom is 0.226 e. The maximum absolute atomic E-state index is 5.71. The van der Waals surface area contributed by atoms with Crippen molar-refractivity contribution in [2.45, 2.75) is 46.6 Å². The fourth-order valence-corrected chi connectivity index (χ4v) is 1.22. The van der Waals surface area contributed by atoms with Crippen molar-refractivity contribution in [2.75, 3.05) is 11.9 Å². The molecule has 0 spiro atoms. The Morgan fingerprint density at radius 3 is 2.56 bits per heavy atom. The van der Waals surface area contributed by atoms with Gasteiger partial charge in [0.05, 0.1) is 0 Å². The molecule has 0 fully saturated rings. The lowest BCUT2D eigenvalue weighted by Crippen LogP contribution is -2.24. The first-order valence-corrected chi connectivity index (χ1v) is 5.69. The topological polar surface area (TPSA) is 47.0 Å². The van der Waals surface area contributed by atoms with Crippen LogP contribution in [0, 0.1) is 6.92 Å². The van der Waals surface area contributed by atoms with Crippen LogP contribution in [0.15, 0.2) is 6.07 Å². The molecule has 0 bridgehead atoms. The van der Waals surface area contributed by atoms with Crippen LogP contribution in [0.2, 0.25) is 0 Å². The van der Waals surface area contributed by atoms with Gasteiger partial charge in [-0.1, -0.05) is 6.92 Å². The van der Waals surface area contributed by atoms with Gasteiger partial charge in [0.2, 0.25) is 11.8 Å². The highest BCUT2D eigenvalue weighted by Gasteiger charge is 2.13. The molecule has 1 N–H and O–H groups in total. The van der Waals surface area contributed by atoms with Gasteiger partial charge in [-0.15, -0.1) is 0 Å². The van der Waals surface area contributed by atoms with Gasteiger partial charge in [-0.05, 0) is 34.1 Å². The maximum atomic E-state index is 5.71. The van der Waals surface area contributed by atoms with Gasteiger partial charge in [0.1, 0.15) is 5.60 Å². The van der Waals surface area contributed by atoms with E-state index in [4.69, 9.17) is 4.74 Å². The normalized spacial score (nSPS) is 11.3. The summed E-state index contributed by atoms with van der Waals surface area (Å²) in [6, 6.07) is 1.85. The number of aryl methyl sites for hydroxylation is 1. The molecular weight excluding hydrogens is 202 g/mol. The fourth-order valence-electron chi connectivity index (χ4n) is 1.22. The zero-order valence-electron chi connectivity index (χ0n) is 10.8. The van der Waals surface area contributed by atoms with Gasteiger partial charge in [-0.2, -0.15) is 4.98 Å². The molecule has 0 saturated heterocycles. The third kappa shape index (κ3) is 4.47. The summed E-state index contributed by atoms with van der Waals surface area (Å²) in [5.41, 5.74) is 0.677. The molecule has 0 saturated carbocycles. The monoisotopic (exact) mass is 223 g/mol. The number of anilines is 1. The first-order valence-electron chi connectivity index (χ1n) is 5.69. The van der Waals surface area contributed by atoms with E-state index >= 15 is 0 Å². The van der Waals surface area contributed by atoms with Crippen molar-refractivity contribution in [1.29, 1.82) is 0 Å². The van der Waals surface area contributed by atoms with Gasteiger partial charge in [0.15, 0.2) is 0 Å². The van der Waals surface area contributed by atoms with Crippen LogP contribution in [0.1, 0.15) is 39.8 Å². The summed E-state index contributed by atoms with van der Waals surface area (Å²) >= 11 is 0. The number of nitrogens with zero attached hydrogens (tertiary/aromatic N) is 2. The number of nitrogens with one attached hydrogen (secondary N) is 1. The largest absolute Gasteiger partial charge is 0.472 e. The van der Waals surface area contributed by atoms with Crippen molar-refractivity contribution in [1.82, 2.24) is 9.97 Å². The molecule has 0 radical (unpaired) electrons. The number of rotatable bonds is 4. The molecule has 0 aliphatic heterocycles. The molecule has 1 rings (SSSR count). The van der Waals surface area contributed by atoms with Crippen molar-refractivity contribution in [2.24, 2.45) is 0 Å². The summed E-state index contributed by atoms with van der Waals surface area (Å²) in [5, 5.41) is 3.16. The zero-order valence-corrected chi connectivity index (χ0v) is 10.8. The molecule has 0 atom stereocenters. The second kappa shape index (κ2) is 5.14. The van der Waals surface area contributed by atoms with Crippen molar-refractivity contribution in [3.05, 3.63) is 11.8 Å². The minimum Gasteiger partial charge on any atom is -0.472 e. The van der Waals surface area contributed by atoms with E-state index < -0.39 is 0 Å². The molecule has 0 aromatic carbocycles. The van der Waals surface area contributed by atoms with E-state index in [1.54, 1.807) is 0 Å². The predicted molar refractivity (Wildman–Crippen MR) is 65.9 cm³/mol. The first-order chi connectivity index (χ1) is 7.40. The average Bonchev–Trinajstić information content (AvgIpc) is 2.10. The van der Waals surface area contributed by atoms with Crippen molar-refractivity contribution < 1.29 is 4.74 Å². The SMILES string of the molecule is CCCNc1nc(C)cc(OC(C)(C)C)n1. The first kappa shape index (κ1) is 12.7. The van der Waals surface area contributed by atoms with E-state index in [1.807, 2.05) is 33.8 Å². The Morgan fingerprint density at radius 1 is 1.31 bits per heavy atom. The molecule has 1 aromatic rings. The summed E-state index contributed by atoms with van der Waals surface area (Å²) in [5.74, 6) is 1.26. The van der Waals surface area contributed by atoms with E-state index in [1.165, 1.54) is 0 Å². The molecule has 0 aliphatic rings. The molecule has 1 heterocycles. The molecule has 16 heavy (non-hydrogen) atoms. The van der Waals surface area contributed by atoms with Crippen molar-refractivity contribution in [3.63, 3.8) is 0 Å². The number of ether oxygens (including phenoxy) is 1. The highest BCUT2D eigenvalue weighted by Crippen LogP contribution is 2.17. The van der Waals surface area contributed by atoms with Crippen LogP contribution in [-0.2, 0) is 0 Å². The Labute approximate surface area is 97.5 Å². The van der Waals surface area contributed by atoms with Crippen molar-refractivity contribution in [3.8, 4) is 5.88 Å². The van der Waals surface area contributed by atoms with E-state index in [0.717, 1.165) is 18.7 Å². The van der Waals surface area contributed by atoms with Gasteiger partial charge in [-0.3, -0.25) is 0 Å². The zero-order chi connectivity index (χ0) is 12.2. The second-order valence-electron chi connectivity index (χ2n) is 4.81. The molecule has 1 aromatic heterocycles. The van der Waals surface area contributed by atoms with Gasteiger partial charge >= 0.3 is 0 Å². The lowest BCUT2D eigenvalue weighted by molar-refractivity contribution is 0.124. The molecule has 0 unspecified atom stereocenters. The second-order valence-corrected chi connectivity index (χ2v) is 4.81. The van der Waals surface area contributed by atoms with Gasteiger partial charge in [-0.25, -0.2) is 4.98 Å². The number of aromatic nitrogens is 2. The third-order valence-corrected chi connectivity index (χ3v) is 1.77. The van der Waals surface area contributed by atoms with Crippen LogP contribution in [0.25, 0.3) is 0 Å². The van der Waals surface area contributed by atoms with E-state index in [-0.39, 0.29) is 5.60 Å². The van der Waals surface area contributed by atoms with E-state index in [9.17, 15) is 0 Å². The Hall–Kier alpha value is -1.32. The number of hydrogen-bond acceptors (Lipinski definition) is 4. The smallest absolute Gasteiger partial charge is 0.226 e. The van der Waals surface area contributed by atoms with Crippen LogP contribution in [0.3, 0.4) is 0 Å². The molecule has 4 heteroatoms. The molecule has 0 amide bonds. The lowest BCUT2D eigenvalue weighted by atomic mass is 10.2. The van der Waals surface area contributed by atoms with E-state index in [2.05, 4.69) is 22.2 Å². The lowest BCUT2D eigenvalue weighted by Gasteiger charge is -2.20. The summed E-state index contributed by atoms with van der Waals surface area (Å²) in [7, 11) is 0. The predicted octanol–water partition coefficient (Wildman–Crippen LogP) is 2.78. The standard InChI is InChI=1S/C12H21N3O/c1-6-7-13-11-14-9(2)8-10(15-11)16-12(3,4)5/h8H,6-7H2,1-5H3,(H,13,14,15). The molecular formula is C12H21N3O. The molecule has 90 valence electrons. The van der Waals surface area contributed by atoms with Gasteiger partial charge in [0, 0.05) is 18.3 Å². The van der Waals surface area contributed by atoms with Crippen LogP contribution < -0.4 is 10.1 Å². The van der Waals surface area contributed by atoms with Crippen LogP contribution in [-0.4, -0.2) is 22.1 Å². The highest BCUT2D eigenvalue weighted by atomic mass is 16.5. The van der Waals surface area contributed by atoms with Crippen LogP contribution >= 0.6 is 0 Å². The average molecular weight is 223 g/mol. The Bertz CT molecular complexity index is 345. The van der Waals surface area contributed by atoms with Crippen molar-refractivity contribution >= 4 is 5.95 Å². The minimum absolute atomic E-state index is 0.233. The molecule has 0 aliphatic carbocycles. The quantitative estimate of drug-likeness (QED) is 0.852. The molecule has 4 nitrogen and oxygen atoms in total. The van der Waals surface area contributed by atoms with Crippen LogP contribution in [0.5, 0.6) is 5.88 Å². The summed E-state index contributed by atoms with van der Waals surface area (Å²) in [6.07, 6.45) is 1.05. The summed E-state index contributed by atoms with van der Waals surface area (Å²) in [4.78, 5) is 8.61. The Kier molecular flexibility index (Phi) is 4.10. The Balaban J connectivity index is 2.81. The fraction of sp³-hybridized carbons (Fsp3) is 0.667. The minimum atomic E-state index is -0.233. The highest BCUT2D eigenvalue weighted by molar-refractivity contribution is 5.30. The Morgan fingerprint density at radius 2 is 2.00 bits per heavy atom. The third-order valence-electron chi connectivity index (χ3n) is 1.77. The van der Waals surface area contributed by atoms with E-state index in [0.29, 0.717) is 11.8 Å². The van der Waals surface area contributed by atoms with Crippen LogP contribution in [0.4, 0.5) is 5.95 Å².